The molecule has 2 heterocycles. The molecule has 0 aliphatic carbocycles. The molecule has 2 rings (SSSR count). The molecule has 0 N–H and O–H groups in total. The third-order valence-electron chi connectivity index (χ3n) is 2.66. The molecule has 0 saturated carbocycles. The highest BCUT2D eigenvalue weighted by Crippen LogP contribution is 2.36. The maximum atomic E-state index is 10.7. The maximum absolute atomic E-state index is 10.7. The summed E-state index contributed by atoms with van der Waals surface area (Å²) in [6.07, 6.45) is 0.265. The third-order valence-corrected chi connectivity index (χ3v) is 3.39. The molecular weight excluding hydrogens is 279 g/mol. The van der Waals surface area contributed by atoms with E-state index in [4.69, 9.17) is 18.8 Å². The summed E-state index contributed by atoms with van der Waals surface area (Å²) in [5, 5.41) is -0.199. The lowest BCUT2D eigenvalue weighted by molar-refractivity contribution is -0.145. The Morgan fingerprint density at radius 1 is 1.44 bits per heavy atom. The number of carbonyl (C=O) groups excluding carboxylic acids is 1. The summed E-state index contributed by atoms with van der Waals surface area (Å²) in [5.74, 6) is -0.316. The monoisotopic (exact) mass is 292 g/mol. The average Bonchev–Trinajstić information content (AvgIpc) is 2.77. The van der Waals surface area contributed by atoms with Gasteiger partial charge in [-0.3, -0.25) is 4.79 Å². The Bertz CT molecular complexity index is 277. The van der Waals surface area contributed by atoms with Gasteiger partial charge in [0.2, 0.25) is 0 Å². The molecular formula is C9H14BBrO5. The highest BCUT2D eigenvalue weighted by atomic mass is 79.9. The van der Waals surface area contributed by atoms with Crippen molar-refractivity contribution in [3.63, 3.8) is 0 Å². The van der Waals surface area contributed by atoms with Crippen LogP contribution in [0.2, 0.25) is 6.32 Å². The summed E-state index contributed by atoms with van der Waals surface area (Å²) < 4.78 is 21.8. The number of fused-ring (bicyclic) bond motifs is 1. The minimum absolute atomic E-state index is 0.120. The quantitative estimate of drug-likeness (QED) is 0.441. The number of rotatable bonds is 3. The highest BCUT2D eigenvalue weighted by Gasteiger charge is 2.52. The van der Waals surface area contributed by atoms with Crippen molar-refractivity contribution in [2.75, 3.05) is 6.61 Å². The lowest BCUT2D eigenvalue weighted by Gasteiger charge is -2.16. The minimum atomic E-state index is -0.316. The molecule has 2 aliphatic rings. The number of halogens is 1. The summed E-state index contributed by atoms with van der Waals surface area (Å²) >= 11 is 3.38. The number of carbonyl (C=O) groups is 1. The molecule has 2 saturated heterocycles. The summed E-state index contributed by atoms with van der Waals surface area (Å²) in [6, 6.07) is 0. The van der Waals surface area contributed by atoms with E-state index in [0.717, 1.165) is 6.32 Å². The molecule has 5 nitrogen and oxygen atoms in total. The summed E-state index contributed by atoms with van der Waals surface area (Å²) in [5.41, 5.74) is 0. The van der Waals surface area contributed by atoms with Crippen LogP contribution in [0.25, 0.3) is 0 Å². The number of ether oxygens (including phenoxy) is 2. The van der Waals surface area contributed by atoms with Gasteiger partial charge in [0.05, 0.1) is 0 Å². The molecule has 16 heavy (non-hydrogen) atoms. The lowest BCUT2D eigenvalue weighted by atomic mass is 9.87. The van der Waals surface area contributed by atoms with Crippen LogP contribution in [0.4, 0.5) is 0 Å². The van der Waals surface area contributed by atoms with Crippen LogP contribution in [0.15, 0.2) is 0 Å². The first-order valence-electron chi connectivity index (χ1n) is 5.35. The third kappa shape index (κ3) is 2.42. The van der Waals surface area contributed by atoms with Crippen molar-refractivity contribution in [3.8, 4) is 0 Å². The van der Waals surface area contributed by atoms with Crippen LogP contribution in [-0.4, -0.2) is 43.0 Å². The highest BCUT2D eigenvalue weighted by molar-refractivity contribution is 9.09. The largest absolute Gasteiger partial charge is 0.463 e. The van der Waals surface area contributed by atoms with E-state index in [1.165, 1.54) is 6.92 Å². The Morgan fingerprint density at radius 2 is 2.12 bits per heavy atom. The predicted molar refractivity (Wildman–Crippen MR) is 60.2 cm³/mol. The summed E-state index contributed by atoms with van der Waals surface area (Å²) in [7, 11) is -0.182. The number of hydrogen-bond acceptors (Lipinski definition) is 5. The first-order chi connectivity index (χ1) is 7.61. The van der Waals surface area contributed by atoms with Crippen molar-refractivity contribution in [2.45, 2.75) is 43.5 Å². The second-order valence-electron chi connectivity index (χ2n) is 3.87. The Hall–Kier alpha value is -0.105. The average molecular weight is 293 g/mol. The van der Waals surface area contributed by atoms with Crippen molar-refractivity contribution in [2.24, 2.45) is 0 Å². The van der Waals surface area contributed by atoms with Crippen LogP contribution in [0.5, 0.6) is 0 Å². The number of alkyl halides is 1. The fraction of sp³-hybridized carbons (Fsp3) is 0.889. The van der Waals surface area contributed by atoms with Crippen molar-refractivity contribution in [1.82, 2.24) is 0 Å². The second-order valence-corrected chi connectivity index (χ2v) is 4.77. The van der Waals surface area contributed by atoms with Crippen LogP contribution in [-0.2, 0) is 23.6 Å². The van der Waals surface area contributed by atoms with E-state index in [9.17, 15) is 4.79 Å². The first-order valence-corrected chi connectivity index (χ1v) is 6.27. The molecule has 4 atom stereocenters. The van der Waals surface area contributed by atoms with Crippen molar-refractivity contribution >= 4 is 29.0 Å². The van der Waals surface area contributed by atoms with Crippen LogP contribution in [0.3, 0.4) is 0 Å². The molecule has 4 unspecified atom stereocenters. The van der Waals surface area contributed by atoms with Crippen LogP contribution < -0.4 is 0 Å². The van der Waals surface area contributed by atoms with Gasteiger partial charge in [-0.15, -0.1) is 0 Å². The smallest absolute Gasteiger partial charge is 0.457 e. The van der Waals surface area contributed by atoms with E-state index in [1.807, 2.05) is 6.92 Å². The van der Waals surface area contributed by atoms with Gasteiger partial charge < -0.3 is 18.8 Å². The van der Waals surface area contributed by atoms with E-state index in [-0.39, 0.29) is 43.0 Å². The predicted octanol–water partition coefficient (Wildman–Crippen LogP) is 0.961. The van der Waals surface area contributed by atoms with Gasteiger partial charge in [-0.1, -0.05) is 22.9 Å². The molecule has 0 spiro atoms. The van der Waals surface area contributed by atoms with E-state index in [0.29, 0.717) is 0 Å². The van der Waals surface area contributed by atoms with Crippen LogP contribution in [0, 0.1) is 0 Å². The molecule has 7 heteroatoms. The summed E-state index contributed by atoms with van der Waals surface area (Å²) in [4.78, 5) is 10.7. The molecule has 0 amide bonds. The van der Waals surface area contributed by atoms with E-state index >= 15 is 0 Å². The maximum Gasteiger partial charge on any atom is 0.457 e. The fourth-order valence-corrected chi connectivity index (χ4v) is 2.60. The molecule has 0 radical (unpaired) electrons. The fourth-order valence-electron chi connectivity index (χ4n) is 1.90. The molecule has 2 aliphatic heterocycles. The number of esters is 1. The van der Waals surface area contributed by atoms with Gasteiger partial charge in [0, 0.05) is 6.92 Å². The molecule has 0 aromatic heterocycles. The van der Waals surface area contributed by atoms with E-state index in [1.54, 1.807) is 0 Å². The van der Waals surface area contributed by atoms with Gasteiger partial charge in [-0.05, 0) is 6.32 Å². The molecule has 0 bridgehead atoms. The van der Waals surface area contributed by atoms with Crippen LogP contribution >= 0.6 is 15.9 Å². The Labute approximate surface area is 103 Å². The van der Waals surface area contributed by atoms with Gasteiger partial charge in [-0.2, -0.15) is 0 Å². The van der Waals surface area contributed by atoms with Gasteiger partial charge in [0.25, 0.3) is 0 Å². The lowest BCUT2D eigenvalue weighted by Crippen LogP contribution is -2.32. The Morgan fingerprint density at radius 3 is 2.75 bits per heavy atom. The standard InChI is InChI=1S/C9H14BBrO5/c1-3-10-15-7-6(4-13-5(2)12)14-9(11)8(7)16-10/h6-9H,3-4H2,1-2H3. The van der Waals surface area contributed by atoms with Gasteiger partial charge in [0.15, 0.2) is 0 Å². The second kappa shape index (κ2) is 5.04. The van der Waals surface area contributed by atoms with Crippen molar-refractivity contribution < 1.29 is 23.6 Å². The van der Waals surface area contributed by atoms with Gasteiger partial charge in [-0.25, -0.2) is 0 Å². The van der Waals surface area contributed by atoms with Gasteiger partial charge >= 0.3 is 13.1 Å². The Balaban J connectivity index is 1.93. The minimum Gasteiger partial charge on any atom is -0.463 e. The van der Waals surface area contributed by atoms with E-state index < -0.39 is 0 Å². The first kappa shape index (κ1) is 12.4. The zero-order chi connectivity index (χ0) is 11.7. The zero-order valence-electron chi connectivity index (χ0n) is 9.22. The Kier molecular flexibility index (Phi) is 3.89. The van der Waals surface area contributed by atoms with Crippen molar-refractivity contribution in [3.05, 3.63) is 0 Å². The normalized spacial score (nSPS) is 37.6. The topological polar surface area (TPSA) is 54.0 Å². The van der Waals surface area contributed by atoms with Crippen LogP contribution in [0.1, 0.15) is 13.8 Å². The zero-order valence-corrected chi connectivity index (χ0v) is 10.8. The molecule has 2 fully saturated rings. The molecule has 90 valence electrons. The SMILES string of the molecule is CCB1OC2C(Br)OC(COC(C)=O)C2O1. The molecule has 0 aromatic carbocycles. The van der Waals surface area contributed by atoms with Gasteiger partial charge in [0.1, 0.15) is 29.9 Å². The van der Waals surface area contributed by atoms with Crippen molar-refractivity contribution in [1.29, 1.82) is 0 Å². The number of hydrogen-bond donors (Lipinski definition) is 0. The molecule has 0 aromatic rings. The van der Waals surface area contributed by atoms with E-state index in [2.05, 4.69) is 15.9 Å². The summed E-state index contributed by atoms with van der Waals surface area (Å²) in [6.45, 7) is 3.58.